The van der Waals surface area contributed by atoms with Crippen LogP contribution >= 0.6 is 0 Å². The topological polar surface area (TPSA) is 58.7 Å². The predicted octanol–water partition coefficient (Wildman–Crippen LogP) is 3.31. The largest absolute Gasteiger partial charge is 0.493 e. The Kier molecular flexibility index (Phi) is 4.60. The first kappa shape index (κ1) is 16.3. The highest BCUT2D eigenvalue weighted by molar-refractivity contribution is 5.80. The highest BCUT2D eigenvalue weighted by Crippen LogP contribution is 2.32. The van der Waals surface area contributed by atoms with E-state index in [1.54, 1.807) is 7.11 Å². The maximum atomic E-state index is 10.1. The first-order valence-corrected chi connectivity index (χ1v) is 8.35. The van der Waals surface area contributed by atoms with Crippen molar-refractivity contribution in [3.8, 4) is 5.75 Å². The van der Waals surface area contributed by atoms with Crippen molar-refractivity contribution in [2.75, 3.05) is 14.2 Å². The van der Waals surface area contributed by atoms with Crippen LogP contribution in [0.25, 0.3) is 11.1 Å². The second-order valence-electron chi connectivity index (χ2n) is 6.83. The van der Waals surface area contributed by atoms with Gasteiger partial charge in [0.25, 0.3) is 0 Å². The summed E-state index contributed by atoms with van der Waals surface area (Å²) in [5.41, 5.74) is 2.67. The van der Waals surface area contributed by atoms with Gasteiger partial charge in [-0.05, 0) is 44.0 Å². The maximum absolute atomic E-state index is 10.1. The number of ether oxygens (including phenoxy) is 1. The average Bonchev–Trinajstić information content (AvgIpc) is 3.12. The third-order valence-corrected chi connectivity index (χ3v) is 4.69. The van der Waals surface area contributed by atoms with Gasteiger partial charge in [0.2, 0.25) is 0 Å². The molecule has 0 aliphatic heterocycles. The Morgan fingerprint density at radius 1 is 1.39 bits per heavy atom. The summed E-state index contributed by atoms with van der Waals surface area (Å²) in [4.78, 5) is 6.81. The van der Waals surface area contributed by atoms with E-state index in [1.807, 2.05) is 6.07 Å². The van der Waals surface area contributed by atoms with Crippen molar-refractivity contribution in [1.82, 2.24) is 9.88 Å². The van der Waals surface area contributed by atoms with E-state index in [9.17, 15) is 5.11 Å². The van der Waals surface area contributed by atoms with Crippen LogP contribution in [0.5, 0.6) is 5.75 Å². The van der Waals surface area contributed by atoms with Crippen LogP contribution in [-0.4, -0.2) is 41.3 Å². The van der Waals surface area contributed by atoms with E-state index in [0.717, 1.165) is 48.5 Å². The minimum Gasteiger partial charge on any atom is -0.493 e. The highest BCUT2D eigenvalue weighted by atomic mass is 16.5. The number of fused-ring (bicyclic) bond motifs is 1. The van der Waals surface area contributed by atoms with Crippen LogP contribution < -0.4 is 4.74 Å². The number of aliphatic hydroxyl groups excluding tert-OH is 1. The summed E-state index contributed by atoms with van der Waals surface area (Å²) in [6, 6.07) is 4.31. The number of methoxy groups -OCH3 is 1. The molecule has 0 bridgehead atoms. The Bertz CT molecular complexity index is 680. The van der Waals surface area contributed by atoms with Gasteiger partial charge in [-0.3, -0.25) is 4.90 Å². The van der Waals surface area contributed by atoms with E-state index >= 15 is 0 Å². The molecule has 0 saturated heterocycles. The fourth-order valence-corrected chi connectivity index (χ4v) is 3.40. The van der Waals surface area contributed by atoms with E-state index in [4.69, 9.17) is 9.15 Å². The third-order valence-electron chi connectivity index (χ3n) is 4.69. The molecule has 0 spiro atoms. The van der Waals surface area contributed by atoms with Gasteiger partial charge in [0.05, 0.1) is 13.2 Å². The van der Waals surface area contributed by atoms with Crippen molar-refractivity contribution in [2.45, 2.75) is 57.7 Å². The number of hydrogen-bond acceptors (Lipinski definition) is 5. The maximum Gasteiger partial charge on any atom is 0.198 e. The molecule has 5 heteroatoms. The van der Waals surface area contributed by atoms with Crippen LogP contribution in [-0.2, 0) is 6.54 Å². The summed E-state index contributed by atoms with van der Waals surface area (Å²) >= 11 is 0. The lowest BCUT2D eigenvalue weighted by molar-refractivity contribution is 0.0825. The summed E-state index contributed by atoms with van der Waals surface area (Å²) < 4.78 is 11.3. The van der Waals surface area contributed by atoms with Crippen molar-refractivity contribution in [1.29, 1.82) is 0 Å². The van der Waals surface area contributed by atoms with Crippen molar-refractivity contribution < 1.29 is 14.3 Å². The van der Waals surface area contributed by atoms with Crippen LogP contribution in [0, 0.1) is 0 Å². The Balaban J connectivity index is 1.88. The molecule has 1 aromatic heterocycles. The Labute approximate surface area is 137 Å². The number of oxazole rings is 1. The number of benzene rings is 1. The Hall–Kier alpha value is -1.59. The zero-order chi connectivity index (χ0) is 16.6. The lowest BCUT2D eigenvalue weighted by Crippen LogP contribution is -2.36. The van der Waals surface area contributed by atoms with Gasteiger partial charge in [-0.1, -0.05) is 13.8 Å². The number of likely N-dealkylation sites (N-methyl/N-ethyl adjacent to an activating group) is 1. The molecule has 23 heavy (non-hydrogen) atoms. The van der Waals surface area contributed by atoms with Crippen LogP contribution in [0.2, 0.25) is 0 Å². The van der Waals surface area contributed by atoms with E-state index in [1.165, 1.54) is 0 Å². The van der Waals surface area contributed by atoms with Gasteiger partial charge in [0, 0.05) is 18.5 Å². The molecule has 2 unspecified atom stereocenters. The van der Waals surface area contributed by atoms with E-state index in [2.05, 4.69) is 36.8 Å². The molecule has 1 aliphatic rings. The van der Waals surface area contributed by atoms with E-state index in [-0.39, 0.29) is 18.1 Å². The molecular formula is C18H26N2O3. The van der Waals surface area contributed by atoms with Crippen molar-refractivity contribution >= 4 is 11.1 Å². The number of aliphatic hydroxyl groups is 1. The van der Waals surface area contributed by atoms with Gasteiger partial charge in [-0.2, -0.15) is 0 Å². The first-order valence-electron chi connectivity index (χ1n) is 8.35. The molecule has 3 rings (SSSR count). The Morgan fingerprint density at radius 2 is 2.17 bits per heavy atom. The van der Waals surface area contributed by atoms with Crippen LogP contribution in [0.1, 0.15) is 50.5 Å². The van der Waals surface area contributed by atoms with Crippen LogP contribution in [0.4, 0.5) is 0 Å². The zero-order valence-electron chi connectivity index (χ0n) is 14.4. The predicted molar refractivity (Wildman–Crippen MR) is 89.8 cm³/mol. The molecule has 5 nitrogen and oxygen atoms in total. The molecule has 1 aromatic carbocycles. The molecule has 1 N–H and O–H groups in total. The molecule has 1 heterocycles. The van der Waals surface area contributed by atoms with Gasteiger partial charge in [0.15, 0.2) is 17.2 Å². The molecule has 0 radical (unpaired) electrons. The van der Waals surface area contributed by atoms with Gasteiger partial charge >= 0.3 is 0 Å². The normalized spacial score (nSPS) is 21.7. The zero-order valence-corrected chi connectivity index (χ0v) is 14.4. The summed E-state index contributed by atoms with van der Waals surface area (Å²) in [6.07, 6.45) is 2.83. The number of rotatable bonds is 5. The number of nitrogens with zero attached hydrogens (tertiary/aromatic N) is 2. The molecule has 0 amide bonds. The average molecular weight is 318 g/mol. The molecule has 1 saturated carbocycles. The van der Waals surface area contributed by atoms with E-state index < -0.39 is 0 Å². The smallest absolute Gasteiger partial charge is 0.198 e. The fraction of sp³-hybridized carbons (Fsp3) is 0.611. The molecule has 1 fully saturated rings. The van der Waals surface area contributed by atoms with Crippen LogP contribution in [0.15, 0.2) is 16.5 Å². The summed E-state index contributed by atoms with van der Waals surface area (Å²) in [6.45, 7) is 4.89. The van der Waals surface area contributed by atoms with Gasteiger partial charge in [-0.25, -0.2) is 4.98 Å². The summed E-state index contributed by atoms with van der Waals surface area (Å²) in [5.74, 6) is 1.69. The lowest BCUT2D eigenvalue weighted by atomic mass is 10.1. The van der Waals surface area contributed by atoms with E-state index in [0.29, 0.717) is 5.58 Å². The van der Waals surface area contributed by atoms with Gasteiger partial charge < -0.3 is 14.3 Å². The quantitative estimate of drug-likeness (QED) is 0.916. The lowest BCUT2D eigenvalue weighted by Gasteiger charge is -2.27. The molecule has 126 valence electrons. The molecule has 1 aliphatic carbocycles. The van der Waals surface area contributed by atoms with Crippen molar-refractivity contribution in [3.05, 3.63) is 23.6 Å². The second-order valence-corrected chi connectivity index (χ2v) is 6.83. The Morgan fingerprint density at radius 3 is 2.78 bits per heavy atom. The standard InChI is InChI=1S/C18H26N2O3/c1-11(2)18-19-13-8-12(9-16(22-4)17(13)23-18)10-20(3)14-6-5-7-15(14)21/h8-9,11,14-15,21H,5-7,10H2,1-4H3. The first-order chi connectivity index (χ1) is 11.0. The van der Waals surface area contributed by atoms with Crippen molar-refractivity contribution in [3.63, 3.8) is 0 Å². The summed E-state index contributed by atoms with van der Waals surface area (Å²) in [5, 5.41) is 10.1. The van der Waals surface area contributed by atoms with Gasteiger partial charge in [-0.15, -0.1) is 0 Å². The molecule has 2 atom stereocenters. The van der Waals surface area contributed by atoms with Gasteiger partial charge in [0.1, 0.15) is 5.52 Å². The SMILES string of the molecule is COc1cc(CN(C)C2CCCC2O)cc2nc(C(C)C)oc12. The number of hydrogen-bond donors (Lipinski definition) is 1. The third kappa shape index (κ3) is 3.21. The summed E-state index contributed by atoms with van der Waals surface area (Å²) in [7, 11) is 3.72. The minimum absolute atomic E-state index is 0.217. The monoisotopic (exact) mass is 318 g/mol. The van der Waals surface area contributed by atoms with Crippen LogP contribution in [0.3, 0.4) is 0 Å². The molecular weight excluding hydrogens is 292 g/mol. The molecule has 2 aromatic rings. The number of aromatic nitrogens is 1. The van der Waals surface area contributed by atoms with Crippen molar-refractivity contribution in [2.24, 2.45) is 0 Å². The second kappa shape index (κ2) is 6.49. The minimum atomic E-state index is -0.217. The fourth-order valence-electron chi connectivity index (χ4n) is 3.40. The highest BCUT2D eigenvalue weighted by Gasteiger charge is 2.28.